The lowest BCUT2D eigenvalue weighted by Gasteiger charge is -2.07. The van der Waals surface area contributed by atoms with Gasteiger partial charge in [0.1, 0.15) is 0 Å². The standard InChI is InChI=1S/C18H15N4O2/c1-18(2)14-15(18)17(13-6-4-8-24-13)22(11(9-19)10-20)21-16(14)12-5-3-7-23-12/h3-8,14-15,19H,1-2H3/q+1/t14-,15+/m0/s1. The lowest BCUT2D eigenvalue weighted by atomic mass is 10.0. The molecule has 1 saturated carbocycles. The van der Waals surface area contributed by atoms with E-state index < -0.39 is 0 Å². The molecule has 6 heteroatoms. The normalized spacial score (nSPS) is 23.8. The van der Waals surface area contributed by atoms with E-state index >= 15 is 0 Å². The summed E-state index contributed by atoms with van der Waals surface area (Å²) in [4.78, 5) is 0. The van der Waals surface area contributed by atoms with Crippen LogP contribution in [0.4, 0.5) is 0 Å². The quantitative estimate of drug-likeness (QED) is 0.535. The molecule has 1 aliphatic carbocycles. The molecule has 6 nitrogen and oxygen atoms in total. The van der Waals surface area contributed by atoms with Gasteiger partial charge in [-0.15, -0.1) is 0 Å². The van der Waals surface area contributed by atoms with Crippen LogP contribution >= 0.6 is 0 Å². The molecular weight excluding hydrogens is 304 g/mol. The molecule has 2 aromatic rings. The number of rotatable bonds is 3. The number of hydrogen-bond acceptors (Lipinski definition) is 5. The predicted molar refractivity (Wildman–Crippen MR) is 85.9 cm³/mol. The summed E-state index contributed by atoms with van der Waals surface area (Å²) in [6.45, 7) is 4.32. The van der Waals surface area contributed by atoms with Crippen molar-refractivity contribution in [1.82, 2.24) is 0 Å². The Morgan fingerprint density at radius 3 is 2.42 bits per heavy atom. The van der Waals surface area contributed by atoms with Gasteiger partial charge in [0.05, 0.1) is 24.3 Å². The fourth-order valence-electron chi connectivity index (χ4n) is 3.62. The molecule has 118 valence electrons. The number of hydrogen-bond donors (Lipinski definition) is 1. The van der Waals surface area contributed by atoms with Crippen molar-refractivity contribution in [2.75, 3.05) is 0 Å². The third-order valence-electron chi connectivity index (χ3n) is 4.84. The maximum absolute atomic E-state index is 9.39. The Morgan fingerprint density at radius 1 is 1.21 bits per heavy atom. The second kappa shape index (κ2) is 4.92. The van der Waals surface area contributed by atoms with E-state index in [4.69, 9.17) is 14.2 Å². The highest BCUT2D eigenvalue weighted by Gasteiger charge is 2.69. The van der Waals surface area contributed by atoms with Crippen molar-refractivity contribution in [1.29, 1.82) is 10.7 Å². The molecule has 3 heterocycles. The number of nitrogens with one attached hydrogen (secondary N) is 1. The molecule has 1 aliphatic heterocycles. The van der Waals surface area contributed by atoms with Gasteiger partial charge in [-0.1, -0.05) is 13.8 Å². The van der Waals surface area contributed by atoms with Crippen LogP contribution in [0.25, 0.3) is 0 Å². The van der Waals surface area contributed by atoms with Crippen LogP contribution in [0.15, 0.2) is 56.4 Å². The Labute approximate surface area is 138 Å². The highest BCUT2D eigenvalue weighted by molar-refractivity contribution is 6.12. The van der Waals surface area contributed by atoms with E-state index in [0.29, 0.717) is 11.5 Å². The van der Waals surface area contributed by atoms with Gasteiger partial charge in [-0.3, -0.25) is 5.41 Å². The fraction of sp³-hybridized carbons (Fsp3) is 0.278. The summed E-state index contributed by atoms with van der Waals surface area (Å²) < 4.78 is 12.6. The van der Waals surface area contributed by atoms with Gasteiger partial charge < -0.3 is 8.83 Å². The van der Waals surface area contributed by atoms with Crippen molar-refractivity contribution in [3.63, 3.8) is 0 Å². The molecule has 0 spiro atoms. The minimum atomic E-state index is -0.0505. The van der Waals surface area contributed by atoms with Crippen LogP contribution in [-0.4, -0.2) is 22.0 Å². The van der Waals surface area contributed by atoms with Gasteiger partial charge in [0.2, 0.25) is 0 Å². The molecule has 0 aromatic carbocycles. The second-order valence-electron chi connectivity index (χ2n) is 6.50. The van der Waals surface area contributed by atoms with Crippen molar-refractivity contribution in [2.24, 2.45) is 22.4 Å². The summed E-state index contributed by atoms with van der Waals surface area (Å²) in [5, 5.41) is 21.5. The first-order valence-corrected chi connectivity index (χ1v) is 7.62. The summed E-state index contributed by atoms with van der Waals surface area (Å²) in [5.74, 6) is 3.81. The topological polar surface area (TPSA) is 89.3 Å². The Kier molecular flexibility index (Phi) is 2.96. The Balaban J connectivity index is 2.00. The lowest BCUT2D eigenvalue weighted by molar-refractivity contribution is -0.476. The number of nitriles is 1. The van der Waals surface area contributed by atoms with Crippen molar-refractivity contribution >= 4 is 17.3 Å². The molecule has 1 fully saturated rings. The van der Waals surface area contributed by atoms with Gasteiger partial charge in [0.25, 0.3) is 5.71 Å². The zero-order valence-corrected chi connectivity index (χ0v) is 13.3. The minimum Gasteiger partial charge on any atom is -0.463 e. The van der Waals surface area contributed by atoms with Crippen molar-refractivity contribution < 1.29 is 13.5 Å². The lowest BCUT2D eigenvalue weighted by Crippen LogP contribution is -2.27. The SMILES string of the molecule is CC1(C)[C@@H]2C(c3ccco3)=N[N+](C(=C=N)C#N)=C(c3ccco3)[C@@H]21. The Bertz CT molecular complexity index is 949. The van der Waals surface area contributed by atoms with E-state index in [1.807, 2.05) is 24.3 Å². The van der Waals surface area contributed by atoms with E-state index in [2.05, 4.69) is 24.8 Å². The van der Waals surface area contributed by atoms with Gasteiger partial charge in [0, 0.05) is 11.0 Å². The smallest absolute Gasteiger partial charge is 0.376 e. The summed E-state index contributed by atoms with van der Waals surface area (Å²) in [5.41, 5.74) is 1.55. The van der Waals surface area contributed by atoms with Gasteiger partial charge in [0.15, 0.2) is 23.3 Å². The zero-order valence-electron chi connectivity index (χ0n) is 13.3. The predicted octanol–water partition coefficient (Wildman–Crippen LogP) is 3.02. The number of nitrogens with zero attached hydrogens (tertiary/aromatic N) is 3. The van der Waals surface area contributed by atoms with Crippen molar-refractivity contribution in [3.05, 3.63) is 54.0 Å². The molecule has 0 saturated heterocycles. The molecule has 24 heavy (non-hydrogen) atoms. The van der Waals surface area contributed by atoms with Gasteiger partial charge in [-0.2, -0.15) is 5.26 Å². The highest BCUT2D eigenvalue weighted by Crippen LogP contribution is 2.62. The molecule has 1 N–H and O–H groups in total. The van der Waals surface area contributed by atoms with Gasteiger partial charge in [-0.25, -0.2) is 0 Å². The summed E-state index contributed by atoms with van der Waals surface area (Å²) in [6.07, 6.45) is 3.20. The molecule has 2 aromatic heterocycles. The second-order valence-corrected chi connectivity index (χ2v) is 6.50. The fourth-order valence-corrected chi connectivity index (χ4v) is 3.62. The highest BCUT2D eigenvalue weighted by atomic mass is 16.3. The van der Waals surface area contributed by atoms with Crippen LogP contribution in [-0.2, 0) is 0 Å². The third-order valence-corrected chi connectivity index (χ3v) is 4.84. The summed E-state index contributed by atoms with van der Waals surface area (Å²) in [6, 6.07) is 9.32. The van der Waals surface area contributed by atoms with E-state index in [1.54, 1.807) is 18.6 Å². The molecule has 4 rings (SSSR count). The average Bonchev–Trinajstić information content (AvgIpc) is 3.10. The third kappa shape index (κ3) is 1.86. The van der Waals surface area contributed by atoms with Crippen LogP contribution in [0.3, 0.4) is 0 Å². The first-order chi connectivity index (χ1) is 11.6. The largest absolute Gasteiger partial charge is 0.463 e. The van der Waals surface area contributed by atoms with Crippen LogP contribution in [0.2, 0.25) is 0 Å². The number of fused-ring (bicyclic) bond motifs is 1. The summed E-state index contributed by atoms with van der Waals surface area (Å²) >= 11 is 0. The van der Waals surface area contributed by atoms with Crippen LogP contribution < -0.4 is 0 Å². The number of hydrazone groups is 1. The molecule has 2 aliphatic rings. The number of furan rings is 2. The van der Waals surface area contributed by atoms with Crippen molar-refractivity contribution in [3.8, 4) is 6.07 Å². The monoisotopic (exact) mass is 319 g/mol. The van der Waals surface area contributed by atoms with Gasteiger partial charge in [-0.05, 0) is 34.4 Å². The molecule has 0 bridgehead atoms. The van der Waals surface area contributed by atoms with Gasteiger partial charge >= 0.3 is 5.70 Å². The van der Waals surface area contributed by atoms with E-state index in [1.165, 1.54) is 4.68 Å². The average molecular weight is 319 g/mol. The Morgan fingerprint density at radius 2 is 1.88 bits per heavy atom. The maximum atomic E-state index is 9.39. The minimum absolute atomic E-state index is 0.0200. The van der Waals surface area contributed by atoms with Crippen LogP contribution in [0.1, 0.15) is 25.4 Å². The maximum Gasteiger partial charge on any atom is 0.376 e. The summed E-state index contributed by atoms with van der Waals surface area (Å²) in [7, 11) is 0. The molecule has 0 amide bonds. The van der Waals surface area contributed by atoms with Crippen LogP contribution in [0.5, 0.6) is 0 Å². The first kappa shape index (κ1) is 14.4. The number of allylic oxidation sites excluding steroid dienone is 1. The van der Waals surface area contributed by atoms with Crippen molar-refractivity contribution in [2.45, 2.75) is 13.8 Å². The van der Waals surface area contributed by atoms with Crippen LogP contribution in [0, 0.1) is 34.0 Å². The van der Waals surface area contributed by atoms with E-state index in [0.717, 1.165) is 11.4 Å². The first-order valence-electron chi connectivity index (χ1n) is 7.62. The van der Waals surface area contributed by atoms with E-state index in [9.17, 15) is 5.26 Å². The molecule has 0 unspecified atom stereocenters. The Hall–Kier alpha value is -3.16. The zero-order chi connectivity index (χ0) is 16.9. The molecule has 2 atom stereocenters. The molecular formula is C18H15N4O2+. The molecule has 0 radical (unpaired) electrons. The van der Waals surface area contributed by atoms with E-state index in [-0.39, 0.29) is 22.9 Å².